The van der Waals surface area contributed by atoms with Crippen molar-refractivity contribution >= 4 is 0 Å². The summed E-state index contributed by atoms with van der Waals surface area (Å²) in [6.07, 6.45) is 0. The van der Waals surface area contributed by atoms with E-state index >= 15 is 0 Å². The van der Waals surface area contributed by atoms with Gasteiger partial charge in [-0.25, -0.2) is 0 Å². The molecule has 2 heteroatoms. The lowest BCUT2D eigenvalue weighted by atomic mass is 10.1. The van der Waals surface area contributed by atoms with Crippen LogP contribution in [-0.2, 0) is 0 Å². The summed E-state index contributed by atoms with van der Waals surface area (Å²) >= 11 is 0. The van der Waals surface area contributed by atoms with Crippen LogP contribution in [0, 0.1) is 0 Å². The molecular formula is C13H23NO. The fourth-order valence-corrected chi connectivity index (χ4v) is 1.32. The monoisotopic (exact) mass is 209 g/mol. The predicted octanol–water partition coefficient (Wildman–Crippen LogP) is 2.74. The lowest BCUT2D eigenvalue weighted by molar-refractivity contribution is 0.243. The van der Waals surface area contributed by atoms with E-state index in [4.69, 9.17) is 5.11 Å². The summed E-state index contributed by atoms with van der Waals surface area (Å²) in [7, 11) is 0. The van der Waals surface area contributed by atoms with Gasteiger partial charge >= 0.3 is 0 Å². The van der Waals surface area contributed by atoms with Crippen LogP contribution < -0.4 is 5.32 Å². The molecule has 1 aromatic carbocycles. The van der Waals surface area contributed by atoms with Crippen LogP contribution in [-0.4, -0.2) is 17.8 Å². The van der Waals surface area contributed by atoms with Crippen LogP contribution in [0.3, 0.4) is 0 Å². The predicted molar refractivity (Wildman–Crippen MR) is 65.9 cm³/mol. The Morgan fingerprint density at radius 1 is 1.13 bits per heavy atom. The molecule has 1 aromatic rings. The average Bonchev–Trinajstić information content (AvgIpc) is 2.32. The summed E-state index contributed by atoms with van der Waals surface area (Å²) in [4.78, 5) is 0. The fraction of sp³-hybridized carbons (Fsp3) is 0.538. The maximum atomic E-state index is 8.87. The van der Waals surface area contributed by atoms with Crippen molar-refractivity contribution in [3.05, 3.63) is 35.9 Å². The van der Waals surface area contributed by atoms with Gasteiger partial charge < -0.3 is 10.4 Å². The van der Waals surface area contributed by atoms with E-state index in [1.165, 1.54) is 5.56 Å². The van der Waals surface area contributed by atoms with Crippen LogP contribution in [0.1, 0.15) is 39.3 Å². The average molecular weight is 209 g/mol. The molecule has 0 aliphatic carbocycles. The van der Waals surface area contributed by atoms with Crippen molar-refractivity contribution in [2.24, 2.45) is 0 Å². The number of benzene rings is 1. The fourth-order valence-electron chi connectivity index (χ4n) is 1.32. The van der Waals surface area contributed by atoms with Crippen molar-refractivity contribution in [1.29, 1.82) is 0 Å². The van der Waals surface area contributed by atoms with Gasteiger partial charge in [-0.2, -0.15) is 0 Å². The van der Waals surface area contributed by atoms with Crippen molar-refractivity contribution in [2.75, 3.05) is 6.61 Å². The molecule has 0 aliphatic rings. The van der Waals surface area contributed by atoms with E-state index in [9.17, 15) is 0 Å². The highest BCUT2D eigenvalue weighted by Gasteiger charge is 2.06. The van der Waals surface area contributed by atoms with E-state index in [1.807, 2.05) is 39.0 Å². The molecule has 0 radical (unpaired) electrons. The minimum absolute atomic E-state index is 0.148. The summed E-state index contributed by atoms with van der Waals surface area (Å²) in [5.74, 6) is 0. The van der Waals surface area contributed by atoms with Crippen molar-refractivity contribution in [2.45, 2.75) is 39.8 Å². The molecule has 2 N–H and O–H groups in total. The van der Waals surface area contributed by atoms with Crippen LogP contribution in [0.15, 0.2) is 30.3 Å². The van der Waals surface area contributed by atoms with E-state index in [1.54, 1.807) is 0 Å². The van der Waals surface area contributed by atoms with E-state index in [0.29, 0.717) is 6.04 Å². The van der Waals surface area contributed by atoms with Gasteiger partial charge in [0, 0.05) is 12.1 Å². The molecule has 0 aromatic heterocycles. The van der Waals surface area contributed by atoms with Crippen molar-refractivity contribution in [1.82, 2.24) is 5.32 Å². The Morgan fingerprint density at radius 2 is 1.67 bits per heavy atom. The van der Waals surface area contributed by atoms with E-state index in [2.05, 4.69) is 24.4 Å². The highest BCUT2D eigenvalue weighted by atomic mass is 16.3. The Kier molecular flexibility index (Phi) is 7.96. The number of hydrogen-bond donors (Lipinski definition) is 2. The summed E-state index contributed by atoms with van der Waals surface area (Å²) in [6.45, 7) is 8.25. The van der Waals surface area contributed by atoms with Gasteiger partial charge in [-0.05, 0) is 19.4 Å². The largest absolute Gasteiger partial charge is 0.395 e. The third kappa shape index (κ3) is 5.55. The van der Waals surface area contributed by atoms with Crippen LogP contribution in [0.25, 0.3) is 0 Å². The number of hydrogen-bond acceptors (Lipinski definition) is 2. The first kappa shape index (κ1) is 14.1. The molecule has 0 spiro atoms. The van der Waals surface area contributed by atoms with E-state index in [-0.39, 0.29) is 12.6 Å². The van der Waals surface area contributed by atoms with E-state index < -0.39 is 0 Å². The van der Waals surface area contributed by atoms with Gasteiger partial charge in [0.1, 0.15) is 0 Å². The van der Waals surface area contributed by atoms with Crippen molar-refractivity contribution in [3.63, 3.8) is 0 Å². The maximum absolute atomic E-state index is 8.87. The minimum atomic E-state index is 0.148. The standard InChI is InChI=1S/C11H17NO.C2H6/c1-9(8-13)12-10(2)11-6-4-3-5-7-11;1-2/h3-7,9-10,12-13H,8H2,1-2H3;1-2H3. The molecule has 2 atom stereocenters. The topological polar surface area (TPSA) is 32.3 Å². The zero-order valence-electron chi connectivity index (χ0n) is 10.2. The van der Waals surface area contributed by atoms with E-state index in [0.717, 1.165) is 0 Å². The second-order valence-corrected chi connectivity index (χ2v) is 3.38. The highest BCUT2D eigenvalue weighted by molar-refractivity contribution is 5.18. The maximum Gasteiger partial charge on any atom is 0.0582 e. The molecule has 0 heterocycles. The molecule has 1 rings (SSSR count). The van der Waals surface area contributed by atoms with Crippen LogP contribution in [0.2, 0.25) is 0 Å². The third-order valence-electron chi connectivity index (χ3n) is 2.11. The quantitative estimate of drug-likeness (QED) is 0.799. The van der Waals surface area contributed by atoms with Gasteiger partial charge in [0.2, 0.25) is 0 Å². The van der Waals surface area contributed by atoms with Gasteiger partial charge in [0.05, 0.1) is 6.61 Å². The Bertz CT molecular complexity index is 236. The Balaban J connectivity index is 0.000000921. The molecule has 2 unspecified atom stereocenters. The first-order valence-electron chi connectivity index (χ1n) is 5.66. The summed E-state index contributed by atoms with van der Waals surface area (Å²) in [5, 5.41) is 12.2. The molecule has 0 aliphatic heterocycles. The summed E-state index contributed by atoms with van der Waals surface area (Å²) in [6, 6.07) is 10.7. The van der Waals surface area contributed by atoms with Gasteiger partial charge in [0.25, 0.3) is 0 Å². The molecule has 0 saturated carbocycles. The molecule has 0 bridgehead atoms. The Morgan fingerprint density at radius 3 is 2.13 bits per heavy atom. The second-order valence-electron chi connectivity index (χ2n) is 3.38. The van der Waals surface area contributed by atoms with Gasteiger partial charge in [-0.15, -0.1) is 0 Å². The van der Waals surface area contributed by atoms with Crippen molar-refractivity contribution in [3.8, 4) is 0 Å². The third-order valence-corrected chi connectivity index (χ3v) is 2.11. The lowest BCUT2D eigenvalue weighted by Crippen LogP contribution is -2.31. The Labute approximate surface area is 93.3 Å². The first-order chi connectivity index (χ1) is 7.24. The molecule has 2 nitrogen and oxygen atoms in total. The van der Waals surface area contributed by atoms with Crippen LogP contribution in [0.4, 0.5) is 0 Å². The molecule has 0 fully saturated rings. The zero-order valence-corrected chi connectivity index (χ0v) is 10.2. The van der Waals surface area contributed by atoms with Crippen LogP contribution >= 0.6 is 0 Å². The molecule has 0 saturated heterocycles. The SMILES string of the molecule is CC.CC(CO)NC(C)c1ccccc1. The van der Waals surface area contributed by atoms with Gasteiger partial charge in [-0.3, -0.25) is 0 Å². The van der Waals surface area contributed by atoms with Gasteiger partial charge in [0.15, 0.2) is 0 Å². The summed E-state index contributed by atoms with van der Waals surface area (Å²) in [5.41, 5.74) is 1.25. The molecule has 0 amide bonds. The lowest BCUT2D eigenvalue weighted by Gasteiger charge is -2.18. The second kappa shape index (κ2) is 8.45. The highest BCUT2D eigenvalue weighted by Crippen LogP contribution is 2.11. The molecular weight excluding hydrogens is 186 g/mol. The first-order valence-corrected chi connectivity index (χ1v) is 5.66. The molecule has 15 heavy (non-hydrogen) atoms. The molecule has 86 valence electrons. The minimum Gasteiger partial charge on any atom is -0.395 e. The summed E-state index contributed by atoms with van der Waals surface area (Å²) < 4.78 is 0. The van der Waals surface area contributed by atoms with Gasteiger partial charge in [-0.1, -0.05) is 44.2 Å². The van der Waals surface area contributed by atoms with Crippen LogP contribution in [0.5, 0.6) is 0 Å². The number of aliphatic hydroxyl groups excluding tert-OH is 1. The zero-order chi connectivity index (χ0) is 11.7. The Hall–Kier alpha value is -0.860. The number of nitrogens with one attached hydrogen (secondary N) is 1. The number of aliphatic hydroxyl groups is 1. The van der Waals surface area contributed by atoms with Crippen molar-refractivity contribution < 1.29 is 5.11 Å². The normalized spacial score (nSPS) is 13.7. The number of rotatable bonds is 4. The smallest absolute Gasteiger partial charge is 0.0582 e.